The van der Waals surface area contributed by atoms with Crippen LogP contribution in [0.1, 0.15) is 22.3 Å². The summed E-state index contributed by atoms with van der Waals surface area (Å²) >= 11 is 0. The van der Waals surface area contributed by atoms with Crippen LogP contribution in [0.25, 0.3) is 5.70 Å². The predicted molar refractivity (Wildman–Crippen MR) is 100 cm³/mol. The molecule has 2 aromatic rings. The second kappa shape index (κ2) is 7.03. The third-order valence-corrected chi connectivity index (χ3v) is 4.51. The van der Waals surface area contributed by atoms with E-state index in [-0.39, 0.29) is 31.6 Å². The first-order chi connectivity index (χ1) is 13.2. The van der Waals surface area contributed by atoms with Gasteiger partial charge < -0.3 is 25.0 Å². The lowest BCUT2D eigenvalue weighted by Gasteiger charge is -2.17. The Kier molecular flexibility index (Phi) is 4.42. The molecule has 4 rings (SSSR count). The summed E-state index contributed by atoms with van der Waals surface area (Å²) < 4.78 is 10.8. The number of hydrogen-bond donors (Lipinski definition) is 2. The highest BCUT2D eigenvalue weighted by Gasteiger charge is 2.24. The molecule has 2 heterocycles. The van der Waals surface area contributed by atoms with Gasteiger partial charge in [0.15, 0.2) is 11.5 Å². The highest BCUT2D eigenvalue weighted by molar-refractivity contribution is 6.04. The molecule has 0 fully saturated rings. The summed E-state index contributed by atoms with van der Waals surface area (Å²) in [5, 5.41) is 5.91. The monoisotopic (exact) mass is 365 g/mol. The van der Waals surface area contributed by atoms with Crippen LogP contribution in [-0.4, -0.2) is 37.1 Å². The highest BCUT2D eigenvalue weighted by atomic mass is 16.7. The van der Waals surface area contributed by atoms with Crippen LogP contribution >= 0.6 is 0 Å². The fourth-order valence-electron chi connectivity index (χ4n) is 3.05. The molecule has 0 unspecified atom stereocenters. The van der Waals surface area contributed by atoms with Crippen molar-refractivity contribution in [3.8, 4) is 11.5 Å². The number of carbonyl (C=O) groups excluding carboxylic acids is 2. The van der Waals surface area contributed by atoms with Crippen molar-refractivity contribution in [2.75, 3.05) is 25.7 Å². The van der Waals surface area contributed by atoms with Crippen molar-refractivity contribution >= 4 is 23.2 Å². The molecule has 0 saturated heterocycles. The molecule has 138 valence electrons. The van der Waals surface area contributed by atoms with E-state index in [2.05, 4.69) is 10.6 Å². The van der Waals surface area contributed by atoms with E-state index >= 15 is 0 Å². The summed E-state index contributed by atoms with van der Waals surface area (Å²) in [6, 6.07) is 12.9. The molecule has 0 spiro atoms. The summed E-state index contributed by atoms with van der Waals surface area (Å²) in [5.74, 6) is 1.08. The number of nitrogens with one attached hydrogen (secondary N) is 2. The molecule has 2 N–H and O–H groups in total. The Labute approximate surface area is 156 Å². The van der Waals surface area contributed by atoms with E-state index in [1.165, 1.54) is 0 Å². The third-order valence-electron chi connectivity index (χ3n) is 4.51. The minimum absolute atomic E-state index is 0.119. The predicted octanol–water partition coefficient (Wildman–Crippen LogP) is 2.42. The van der Waals surface area contributed by atoms with E-state index in [4.69, 9.17) is 9.47 Å². The van der Waals surface area contributed by atoms with Crippen molar-refractivity contribution in [1.29, 1.82) is 0 Å². The van der Waals surface area contributed by atoms with Gasteiger partial charge in [0.05, 0.1) is 16.9 Å². The maximum absolute atomic E-state index is 13.0. The van der Waals surface area contributed by atoms with E-state index in [0.717, 1.165) is 11.3 Å². The maximum Gasteiger partial charge on any atom is 0.259 e. The lowest BCUT2D eigenvalue weighted by molar-refractivity contribution is -0.120. The zero-order valence-corrected chi connectivity index (χ0v) is 14.8. The van der Waals surface area contributed by atoms with E-state index in [1.54, 1.807) is 24.2 Å². The molecule has 2 aliphatic heterocycles. The van der Waals surface area contributed by atoms with E-state index < -0.39 is 0 Å². The minimum atomic E-state index is -0.155. The van der Waals surface area contributed by atoms with Crippen LogP contribution in [0.15, 0.2) is 48.7 Å². The average molecular weight is 365 g/mol. The number of ether oxygens (including phenoxy) is 2. The lowest BCUT2D eigenvalue weighted by atomic mass is 10.1. The van der Waals surface area contributed by atoms with Crippen molar-refractivity contribution in [1.82, 2.24) is 10.2 Å². The Bertz CT molecular complexity index is 939. The Balaban J connectivity index is 1.72. The van der Waals surface area contributed by atoms with Gasteiger partial charge in [0, 0.05) is 31.8 Å². The summed E-state index contributed by atoms with van der Waals surface area (Å²) in [5.41, 5.74) is 2.87. The molecule has 0 saturated carbocycles. The van der Waals surface area contributed by atoms with Gasteiger partial charge in [0.25, 0.3) is 5.91 Å². The topological polar surface area (TPSA) is 79.9 Å². The molecule has 0 aliphatic carbocycles. The summed E-state index contributed by atoms with van der Waals surface area (Å²) in [6.07, 6.45) is 1.96. The van der Waals surface area contributed by atoms with Crippen molar-refractivity contribution in [2.24, 2.45) is 0 Å². The van der Waals surface area contributed by atoms with Crippen LogP contribution in [0, 0.1) is 0 Å². The Morgan fingerprint density at radius 1 is 1.19 bits per heavy atom. The van der Waals surface area contributed by atoms with Crippen LogP contribution in [0.3, 0.4) is 0 Å². The first-order valence-corrected chi connectivity index (χ1v) is 8.65. The quantitative estimate of drug-likeness (QED) is 0.870. The second-order valence-electron chi connectivity index (χ2n) is 6.20. The van der Waals surface area contributed by atoms with Crippen LogP contribution < -0.4 is 20.1 Å². The fraction of sp³-hybridized carbons (Fsp3) is 0.200. The number of para-hydroxylation sites is 1. The molecule has 2 amide bonds. The molecule has 7 heteroatoms. The van der Waals surface area contributed by atoms with Gasteiger partial charge in [0.1, 0.15) is 0 Å². The molecule has 2 aliphatic rings. The lowest BCUT2D eigenvalue weighted by Crippen LogP contribution is -2.30. The van der Waals surface area contributed by atoms with Crippen molar-refractivity contribution in [2.45, 2.75) is 6.42 Å². The van der Waals surface area contributed by atoms with Crippen molar-refractivity contribution in [3.05, 3.63) is 59.8 Å². The molecule has 0 bridgehead atoms. The van der Waals surface area contributed by atoms with Gasteiger partial charge in [0.2, 0.25) is 12.7 Å². The molecule has 0 radical (unpaired) electrons. The Morgan fingerprint density at radius 2 is 2.00 bits per heavy atom. The number of rotatable bonds is 4. The molecular formula is C20H19N3O4. The summed E-state index contributed by atoms with van der Waals surface area (Å²) in [7, 11) is 1.58. The van der Waals surface area contributed by atoms with E-state index in [0.29, 0.717) is 22.7 Å². The van der Waals surface area contributed by atoms with Crippen LogP contribution in [0.2, 0.25) is 0 Å². The van der Waals surface area contributed by atoms with E-state index in [1.807, 2.05) is 36.4 Å². The first kappa shape index (κ1) is 17.0. The van der Waals surface area contributed by atoms with Gasteiger partial charge in [-0.3, -0.25) is 9.59 Å². The van der Waals surface area contributed by atoms with Crippen LogP contribution in [-0.2, 0) is 4.79 Å². The van der Waals surface area contributed by atoms with Gasteiger partial charge in [-0.05, 0) is 30.3 Å². The first-order valence-electron chi connectivity index (χ1n) is 8.65. The molecule has 2 aromatic carbocycles. The fourth-order valence-corrected chi connectivity index (χ4v) is 3.05. The normalized spacial score (nSPS) is 14.8. The number of amides is 2. The van der Waals surface area contributed by atoms with Crippen molar-refractivity contribution in [3.63, 3.8) is 0 Å². The molecule has 7 nitrogen and oxygen atoms in total. The number of hydrogen-bond acceptors (Lipinski definition) is 5. The Morgan fingerprint density at radius 3 is 2.85 bits per heavy atom. The van der Waals surface area contributed by atoms with Gasteiger partial charge in [-0.2, -0.15) is 0 Å². The smallest absolute Gasteiger partial charge is 0.259 e. The third kappa shape index (κ3) is 3.31. The van der Waals surface area contributed by atoms with Gasteiger partial charge in [-0.25, -0.2) is 0 Å². The van der Waals surface area contributed by atoms with Crippen molar-refractivity contribution < 1.29 is 19.1 Å². The second-order valence-corrected chi connectivity index (χ2v) is 6.20. The van der Waals surface area contributed by atoms with Gasteiger partial charge in [-0.1, -0.05) is 12.1 Å². The average Bonchev–Trinajstić information content (AvgIpc) is 3.12. The Hall–Kier alpha value is -3.48. The van der Waals surface area contributed by atoms with E-state index in [9.17, 15) is 9.59 Å². The minimum Gasteiger partial charge on any atom is -0.454 e. The largest absolute Gasteiger partial charge is 0.454 e. The number of benzene rings is 2. The molecule has 0 aromatic heterocycles. The van der Waals surface area contributed by atoms with Crippen LogP contribution in [0.5, 0.6) is 11.5 Å². The summed E-state index contributed by atoms with van der Waals surface area (Å²) in [6.45, 7) is 0.480. The zero-order valence-electron chi connectivity index (χ0n) is 14.8. The van der Waals surface area contributed by atoms with Crippen LogP contribution in [0.4, 0.5) is 5.69 Å². The number of anilines is 1. The zero-order chi connectivity index (χ0) is 18.8. The van der Waals surface area contributed by atoms with Gasteiger partial charge >= 0.3 is 0 Å². The molecular weight excluding hydrogens is 346 g/mol. The number of carbonyl (C=O) groups is 2. The molecule has 0 atom stereocenters. The highest BCUT2D eigenvalue weighted by Crippen LogP contribution is 2.36. The molecule has 27 heavy (non-hydrogen) atoms. The SMILES string of the molecule is CNC(=O)CCN1C=C(c2ccc3c(c2)OCO3)Nc2ccccc2C1=O. The number of nitrogens with zero attached hydrogens (tertiary/aromatic N) is 1. The standard InChI is InChI=1S/C20H19N3O4/c1-21-19(24)8-9-23-11-16(13-6-7-17-18(10-13)27-12-26-17)22-15-5-3-2-4-14(15)20(23)25/h2-7,10-11,22H,8-9,12H2,1H3,(H,21,24). The summed E-state index contributed by atoms with van der Waals surface area (Å²) in [4.78, 5) is 26.2. The maximum atomic E-state index is 13.0. The number of fused-ring (bicyclic) bond motifs is 2. The van der Waals surface area contributed by atoms with Gasteiger partial charge in [-0.15, -0.1) is 0 Å².